The molecule has 1 aromatic heterocycles. The third-order valence-electron chi connectivity index (χ3n) is 3.63. The minimum atomic E-state index is 0.630. The van der Waals surface area contributed by atoms with Crippen LogP contribution in [0.1, 0.15) is 16.7 Å². The van der Waals surface area contributed by atoms with Crippen LogP contribution in [0.25, 0.3) is 16.7 Å². The highest BCUT2D eigenvalue weighted by atomic mass is 32.1. The van der Waals surface area contributed by atoms with Crippen molar-refractivity contribution >= 4 is 23.3 Å². The third-order valence-corrected chi connectivity index (χ3v) is 3.91. The Kier molecular flexibility index (Phi) is 2.92. The molecule has 0 aliphatic heterocycles. The number of benzene rings is 2. The van der Waals surface area contributed by atoms with Crippen LogP contribution in [0, 0.1) is 29.9 Å². The molecule has 1 N–H and O–H groups in total. The van der Waals surface area contributed by atoms with E-state index in [-0.39, 0.29) is 0 Å². The fraction of sp³-hybridized carbons (Fsp3) is 0.125. The number of aryl methyl sites for hydroxylation is 1. The van der Waals surface area contributed by atoms with Gasteiger partial charge in [-0.1, -0.05) is 12.1 Å². The Morgan fingerprint density at radius 1 is 1.20 bits per heavy atom. The van der Waals surface area contributed by atoms with Crippen molar-refractivity contribution in [3.8, 4) is 11.8 Å². The molecule has 2 aromatic carbocycles. The zero-order valence-corrected chi connectivity index (χ0v) is 12.1. The van der Waals surface area contributed by atoms with E-state index in [2.05, 4.69) is 31.0 Å². The number of nitrogens with one attached hydrogen (secondary N) is 1. The van der Waals surface area contributed by atoms with E-state index in [1.54, 1.807) is 6.07 Å². The van der Waals surface area contributed by atoms with Gasteiger partial charge < -0.3 is 4.98 Å². The Morgan fingerprint density at radius 2 is 2.00 bits per heavy atom. The predicted octanol–water partition coefficient (Wildman–Crippen LogP) is 4.18. The van der Waals surface area contributed by atoms with Crippen LogP contribution < -0.4 is 0 Å². The molecule has 3 nitrogen and oxygen atoms in total. The number of aromatic amines is 1. The van der Waals surface area contributed by atoms with Gasteiger partial charge in [0.25, 0.3) is 0 Å². The van der Waals surface area contributed by atoms with E-state index in [4.69, 9.17) is 17.5 Å². The number of H-pyrrole nitrogens is 1. The van der Waals surface area contributed by atoms with Gasteiger partial charge in [-0.2, -0.15) is 5.26 Å². The van der Waals surface area contributed by atoms with Gasteiger partial charge in [0, 0.05) is 0 Å². The molecule has 0 bridgehead atoms. The number of fused-ring (bicyclic) bond motifs is 1. The first kappa shape index (κ1) is 12.6. The van der Waals surface area contributed by atoms with Crippen LogP contribution in [0.4, 0.5) is 0 Å². The maximum absolute atomic E-state index is 9.07. The van der Waals surface area contributed by atoms with Crippen molar-refractivity contribution < 1.29 is 0 Å². The number of aromatic nitrogens is 2. The summed E-state index contributed by atoms with van der Waals surface area (Å²) in [6.45, 7) is 4.16. The van der Waals surface area contributed by atoms with Gasteiger partial charge in [0.2, 0.25) is 0 Å². The SMILES string of the molecule is Cc1cccc(-n2c(=S)[nH]c3ccc(C#N)cc32)c1C. The van der Waals surface area contributed by atoms with Gasteiger partial charge in [0.1, 0.15) is 0 Å². The first-order chi connectivity index (χ1) is 9.61. The summed E-state index contributed by atoms with van der Waals surface area (Å²) >= 11 is 5.44. The molecule has 98 valence electrons. The van der Waals surface area contributed by atoms with Gasteiger partial charge in [-0.25, -0.2) is 0 Å². The summed E-state index contributed by atoms with van der Waals surface area (Å²) in [5.74, 6) is 0. The molecule has 0 saturated carbocycles. The van der Waals surface area contributed by atoms with Crippen LogP contribution in [-0.2, 0) is 0 Å². The van der Waals surface area contributed by atoms with Gasteiger partial charge in [-0.3, -0.25) is 4.57 Å². The van der Waals surface area contributed by atoms with Gasteiger partial charge in [-0.15, -0.1) is 0 Å². The number of nitrogens with zero attached hydrogens (tertiary/aromatic N) is 2. The normalized spacial score (nSPS) is 10.7. The molecule has 0 aliphatic rings. The van der Waals surface area contributed by atoms with Crippen molar-refractivity contribution in [2.24, 2.45) is 0 Å². The first-order valence-corrected chi connectivity index (χ1v) is 6.74. The smallest absolute Gasteiger partial charge is 0.182 e. The Hall–Kier alpha value is -2.38. The van der Waals surface area contributed by atoms with E-state index in [1.807, 2.05) is 28.8 Å². The zero-order chi connectivity index (χ0) is 14.3. The number of hydrogen-bond acceptors (Lipinski definition) is 2. The van der Waals surface area contributed by atoms with Crippen molar-refractivity contribution in [1.82, 2.24) is 9.55 Å². The molecule has 0 unspecified atom stereocenters. The van der Waals surface area contributed by atoms with E-state index < -0.39 is 0 Å². The standard InChI is InChI=1S/C16H13N3S/c1-10-4-3-5-14(11(10)2)19-15-8-12(9-17)6-7-13(15)18-16(19)20/h3-8H,1-2H3,(H,18,20). The number of hydrogen-bond donors (Lipinski definition) is 1. The van der Waals surface area contributed by atoms with Crippen molar-refractivity contribution in [2.45, 2.75) is 13.8 Å². The predicted molar refractivity (Wildman–Crippen MR) is 82.6 cm³/mol. The van der Waals surface area contributed by atoms with Gasteiger partial charge in [0.15, 0.2) is 4.77 Å². The summed E-state index contributed by atoms with van der Waals surface area (Å²) in [7, 11) is 0. The lowest BCUT2D eigenvalue weighted by Gasteiger charge is -2.10. The summed E-state index contributed by atoms with van der Waals surface area (Å²) < 4.78 is 2.64. The molecule has 0 amide bonds. The van der Waals surface area contributed by atoms with E-state index in [1.165, 1.54) is 11.1 Å². The van der Waals surface area contributed by atoms with E-state index in [0.717, 1.165) is 16.7 Å². The topological polar surface area (TPSA) is 44.5 Å². The Balaban J connectivity index is 2.42. The summed E-state index contributed by atoms with van der Waals surface area (Å²) in [6, 6.07) is 13.9. The van der Waals surface area contributed by atoms with Crippen LogP contribution in [-0.4, -0.2) is 9.55 Å². The summed E-state index contributed by atoms with van der Waals surface area (Å²) in [5.41, 5.74) is 5.96. The van der Waals surface area contributed by atoms with Crippen LogP contribution >= 0.6 is 12.2 Å². The van der Waals surface area contributed by atoms with Crippen LogP contribution in [0.3, 0.4) is 0 Å². The van der Waals surface area contributed by atoms with Crippen LogP contribution in [0.15, 0.2) is 36.4 Å². The molecule has 0 atom stereocenters. The minimum Gasteiger partial charge on any atom is -0.330 e. The van der Waals surface area contributed by atoms with Gasteiger partial charge in [-0.05, 0) is 61.5 Å². The highest BCUT2D eigenvalue weighted by Gasteiger charge is 2.10. The molecule has 20 heavy (non-hydrogen) atoms. The lowest BCUT2D eigenvalue weighted by atomic mass is 10.1. The number of rotatable bonds is 1. The number of nitriles is 1. The van der Waals surface area contributed by atoms with Gasteiger partial charge >= 0.3 is 0 Å². The van der Waals surface area contributed by atoms with Crippen molar-refractivity contribution in [3.05, 3.63) is 57.9 Å². The molecular formula is C16H13N3S. The van der Waals surface area contributed by atoms with Crippen molar-refractivity contribution in [3.63, 3.8) is 0 Å². The average Bonchev–Trinajstić information content (AvgIpc) is 2.77. The van der Waals surface area contributed by atoms with E-state index in [9.17, 15) is 0 Å². The molecule has 4 heteroatoms. The molecule has 1 heterocycles. The summed E-state index contributed by atoms with van der Waals surface area (Å²) in [5, 5.41) is 9.07. The quantitative estimate of drug-likeness (QED) is 0.679. The molecule has 0 fully saturated rings. The molecule has 0 radical (unpaired) electrons. The molecular weight excluding hydrogens is 266 g/mol. The average molecular weight is 279 g/mol. The maximum atomic E-state index is 9.07. The second-order valence-electron chi connectivity index (χ2n) is 4.83. The Bertz CT molecular complexity index is 910. The second-order valence-corrected chi connectivity index (χ2v) is 5.22. The Labute approximate surface area is 122 Å². The lowest BCUT2D eigenvalue weighted by Crippen LogP contribution is -1.98. The highest BCUT2D eigenvalue weighted by Crippen LogP contribution is 2.24. The second kappa shape index (κ2) is 4.62. The van der Waals surface area contributed by atoms with Crippen molar-refractivity contribution in [2.75, 3.05) is 0 Å². The maximum Gasteiger partial charge on any atom is 0.182 e. The van der Waals surface area contributed by atoms with E-state index >= 15 is 0 Å². The summed E-state index contributed by atoms with van der Waals surface area (Å²) in [4.78, 5) is 3.19. The van der Waals surface area contributed by atoms with Crippen LogP contribution in [0.5, 0.6) is 0 Å². The lowest BCUT2D eigenvalue weighted by molar-refractivity contribution is 1.04. The fourth-order valence-corrected chi connectivity index (χ4v) is 2.70. The molecule has 3 aromatic rings. The molecule has 0 spiro atoms. The Morgan fingerprint density at radius 3 is 2.75 bits per heavy atom. The molecule has 3 rings (SSSR count). The monoisotopic (exact) mass is 279 g/mol. The molecule has 0 saturated heterocycles. The summed E-state index contributed by atoms with van der Waals surface area (Å²) in [6.07, 6.45) is 0. The van der Waals surface area contributed by atoms with Crippen LogP contribution in [0.2, 0.25) is 0 Å². The number of imidazole rings is 1. The highest BCUT2D eigenvalue weighted by molar-refractivity contribution is 7.71. The van der Waals surface area contributed by atoms with Crippen molar-refractivity contribution in [1.29, 1.82) is 5.26 Å². The molecule has 0 aliphatic carbocycles. The largest absolute Gasteiger partial charge is 0.330 e. The zero-order valence-electron chi connectivity index (χ0n) is 11.3. The van der Waals surface area contributed by atoms with Gasteiger partial charge in [0.05, 0.1) is 28.4 Å². The third kappa shape index (κ3) is 1.84. The first-order valence-electron chi connectivity index (χ1n) is 6.33. The fourth-order valence-electron chi connectivity index (χ4n) is 2.39. The minimum absolute atomic E-state index is 0.630. The van der Waals surface area contributed by atoms with E-state index in [0.29, 0.717) is 10.3 Å².